The number of rotatable bonds is 2. The highest BCUT2D eigenvalue weighted by Crippen LogP contribution is 2.43. The van der Waals surface area contributed by atoms with E-state index >= 15 is 0 Å². The number of benzene rings is 1. The highest BCUT2D eigenvalue weighted by atomic mass is 32.2. The SMILES string of the molecule is O=C(N=C1S[C@H]2CS(=O)(=O)C[C@@H]2N1c1ccc2c(c1)OCCO2)[C@H]1CCCO1. The Morgan fingerprint density at radius 1 is 1.14 bits per heavy atom. The second-order valence-electron chi connectivity index (χ2n) is 7.23. The number of hydrogen-bond donors (Lipinski definition) is 0. The molecule has 1 aromatic rings. The second kappa shape index (κ2) is 6.93. The zero-order chi connectivity index (χ0) is 19.3. The monoisotopic (exact) mass is 424 g/mol. The first-order valence-electron chi connectivity index (χ1n) is 9.30. The molecule has 0 unspecified atom stereocenters. The molecule has 0 N–H and O–H groups in total. The van der Waals surface area contributed by atoms with Gasteiger partial charge in [0.25, 0.3) is 5.91 Å². The van der Waals surface area contributed by atoms with Crippen LogP contribution in [-0.2, 0) is 19.4 Å². The number of nitrogens with zero attached hydrogens (tertiary/aromatic N) is 2. The summed E-state index contributed by atoms with van der Waals surface area (Å²) < 4.78 is 41.1. The van der Waals surface area contributed by atoms with E-state index in [0.29, 0.717) is 42.9 Å². The molecule has 0 aliphatic carbocycles. The molecule has 1 aromatic carbocycles. The molecule has 3 fully saturated rings. The third kappa shape index (κ3) is 3.27. The molecule has 5 rings (SSSR count). The van der Waals surface area contributed by atoms with Gasteiger partial charge in [-0.1, -0.05) is 11.8 Å². The van der Waals surface area contributed by atoms with Crippen LogP contribution in [0, 0.1) is 0 Å². The highest BCUT2D eigenvalue weighted by Gasteiger charge is 2.49. The number of carbonyl (C=O) groups excluding carboxylic acids is 1. The van der Waals surface area contributed by atoms with Crippen molar-refractivity contribution in [1.82, 2.24) is 0 Å². The van der Waals surface area contributed by atoms with Crippen molar-refractivity contribution >= 4 is 38.4 Å². The number of anilines is 1. The first-order valence-corrected chi connectivity index (χ1v) is 12.0. The molecule has 0 aromatic heterocycles. The molecule has 4 heterocycles. The van der Waals surface area contributed by atoms with Crippen molar-refractivity contribution in [1.29, 1.82) is 0 Å². The van der Waals surface area contributed by atoms with E-state index < -0.39 is 15.9 Å². The lowest BCUT2D eigenvalue weighted by Crippen LogP contribution is -2.38. The van der Waals surface area contributed by atoms with Crippen LogP contribution in [0.3, 0.4) is 0 Å². The van der Waals surface area contributed by atoms with Crippen LogP contribution in [0.25, 0.3) is 0 Å². The van der Waals surface area contributed by atoms with Gasteiger partial charge in [0.2, 0.25) is 0 Å². The fraction of sp³-hybridized carbons (Fsp3) is 0.556. The van der Waals surface area contributed by atoms with Gasteiger partial charge in [0.1, 0.15) is 19.3 Å². The molecule has 0 saturated carbocycles. The van der Waals surface area contributed by atoms with Gasteiger partial charge in [0, 0.05) is 23.6 Å². The number of carbonyl (C=O) groups is 1. The third-order valence-corrected chi connectivity index (χ3v) is 8.49. The summed E-state index contributed by atoms with van der Waals surface area (Å²) in [5.74, 6) is 1.11. The predicted molar refractivity (Wildman–Crippen MR) is 105 cm³/mol. The van der Waals surface area contributed by atoms with Crippen molar-refractivity contribution in [3.8, 4) is 11.5 Å². The van der Waals surface area contributed by atoms with E-state index in [1.165, 1.54) is 11.8 Å². The number of fused-ring (bicyclic) bond motifs is 2. The van der Waals surface area contributed by atoms with Gasteiger partial charge in [0.15, 0.2) is 26.5 Å². The van der Waals surface area contributed by atoms with Crippen LogP contribution in [0.15, 0.2) is 23.2 Å². The van der Waals surface area contributed by atoms with Crippen LogP contribution >= 0.6 is 11.8 Å². The minimum atomic E-state index is -3.11. The minimum Gasteiger partial charge on any atom is -0.486 e. The van der Waals surface area contributed by atoms with Gasteiger partial charge in [-0.2, -0.15) is 4.99 Å². The Hall–Kier alpha value is -1.78. The van der Waals surface area contributed by atoms with Gasteiger partial charge in [-0.3, -0.25) is 4.79 Å². The average Bonchev–Trinajstić information content (AvgIpc) is 3.36. The Bertz CT molecular complexity index is 941. The van der Waals surface area contributed by atoms with E-state index in [-0.39, 0.29) is 28.7 Å². The number of aliphatic imine (C=N–C) groups is 1. The topological polar surface area (TPSA) is 94.5 Å². The van der Waals surface area contributed by atoms with Crippen molar-refractivity contribution in [3.05, 3.63) is 18.2 Å². The molecular weight excluding hydrogens is 404 g/mol. The molecule has 3 atom stereocenters. The largest absolute Gasteiger partial charge is 0.486 e. The molecule has 0 spiro atoms. The number of ether oxygens (including phenoxy) is 3. The van der Waals surface area contributed by atoms with Gasteiger partial charge in [-0.05, 0) is 25.0 Å². The quantitative estimate of drug-likeness (QED) is 0.700. The summed E-state index contributed by atoms with van der Waals surface area (Å²) in [6, 6.07) is 5.24. The molecule has 4 aliphatic rings. The summed E-state index contributed by atoms with van der Waals surface area (Å²) in [6.45, 7) is 1.53. The highest BCUT2D eigenvalue weighted by molar-refractivity contribution is 8.16. The molecule has 3 saturated heterocycles. The third-order valence-electron chi connectivity index (χ3n) is 5.28. The molecule has 4 aliphatic heterocycles. The zero-order valence-corrected chi connectivity index (χ0v) is 16.7. The molecule has 1 amide bonds. The average molecular weight is 425 g/mol. The predicted octanol–water partition coefficient (Wildman–Crippen LogP) is 1.24. The maximum Gasteiger partial charge on any atom is 0.277 e. The van der Waals surface area contributed by atoms with Gasteiger partial charge < -0.3 is 19.1 Å². The van der Waals surface area contributed by atoms with Crippen LogP contribution in [0.2, 0.25) is 0 Å². The summed E-state index contributed by atoms with van der Waals surface area (Å²) in [4.78, 5) is 18.7. The first-order chi connectivity index (χ1) is 13.5. The minimum absolute atomic E-state index is 0.0479. The molecule has 10 heteroatoms. The molecule has 8 nitrogen and oxygen atoms in total. The lowest BCUT2D eigenvalue weighted by molar-refractivity contribution is -0.126. The summed E-state index contributed by atoms with van der Waals surface area (Å²) in [6.07, 6.45) is 1.02. The van der Waals surface area contributed by atoms with E-state index in [4.69, 9.17) is 14.2 Å². The van der Waals surface area contributed by atoms with Crippen molar-refractivity contribution < 1.29 is 27.4 Å². The van der Waals surface area contributed by atoms with Crippen LogP contribution in [0.4, 0.5) is 5.69 Å². The lowest BCUT2D eigenvalue weighted by Gasteiger charge is -2.26. The van der Waals surface area contributed by atoms with E-state index in [9.17, 15) is 13.2 Å². The van der Waals surface area contributed by atoms with Crippen LogP contribution in [0.5, 0.6) is 11.5 Å². The van der Waals surface area contributed by atoms with Crippen LogP contribution < -0.4 is 14.4 Å². The van der Waals surface area contributed by atoms with E-state index in [2.05, 4.69) is 4.99 Å². The van der Waals surface area contributed by atoms with Crippen LogP contribution in [-0.4, -0.2) is 68.2 Å². The summed E-state index contributed by atoms with van der Waals surface area (Å²) >= 11 is 1.36. The van der Waals surface area contributed by atoms with Gasteiger partial charge in [-0.15, -0.1) is 0 Å². The maximum absolute atomic E-state index is 12.5. The number of amidine groups is 1. The summed E-state index contributed by atoms with van der Waals surface area (Å²) in [5, 5.41) is 0.385. The first kappa shape index (κ1) is 18.3. The van der Waals surface area contributed by atoms with Crippen LogP contribution in [0.1, 0.15) is 12.8 Å². The van der Waals surface area contributed by atoms with Crippen molar-refractivity contribution in [2.24, 2.45) is 4.99 Å². The zero-order valence-electron chi connectivity index (χ0n) is 15.1. The Morgan fingerprint density at radius 3 is 2.75 bits per heavy atom. The number of amides is 1. The molecule has 0 bridgehead atoms. The Morgan fingerprint density at radius 2 is 1.96 bits per heavy atom. The Labute approximate surface area is 167 Å². The number of sulfone groups is 1. The van der Waals surface area contributed by atoms with Crippen molar-refractivity contribution in [2.45, 2.75) is 30.2 Å². The fourth-order valence-electron chi connectivity index (χ4n) is 3.99. The van der Waals surface area contributed by atoms with Crippen molar-refractivity contribution in [2.75, 3.05) is 36.2 Å². The second-order valence-corrected chi connectivity index (χ2v) is 10.6. The van der Waals surface area contributed by atoms with Gasteiger partial charge in [0.05, 0.1) is 17.5 Å². The lowest BCUT2D eigenvalue weighted by atomic mass is 10.2. The number of thioether (sulfide) groups is 1. The molecular formula is C18H20N2O6S2. The molecule has 150 valence electrons. The Balaban J connectivity index is 1.51. The smallest absolute Gasteiger partial charge is 0.277 e. The molecule has 28 heavy (non-hydrogen) atoms. The standard InChI is InChI=1S/C18H20N2O6S2/c21-17(14-2-1-5-24-14)19-18-20(12-9-28(22,23)10-16(12)27-18)11-3-4-13-15(8-11)26-7-6-25-13/h3-4,8,12,14,16H,1-2,5-7,9-10H2/t12-,14+,16-/m0/s1. The Kier molecular flexibility index (Phi) is 4.52. The van der Waals surface area contributed by atoms with Crippen molar-refractivity contribution in [3.63, 3.8) is 0 Å². The maximum atomic E-state index is 12.5. The van der Waals surface area contributed by atoms with E-state index in [1.807, 2.05) is 23.1 Å². The van der Waals surface area contributed by atoms with Gasteiger partial charge in [-0.25, -0.2) is 8.42 Å². The normalized spacial score (nSPS) is 31.9. The van der Waals surface area contributed by atoms with Gasteiger partial charge >= 0.3 is 0 Å². The van der Waals surface area contributed by atoms with E-state index in [0.717, 1.165) is 12.1 Å². The number of hydrogen-bond acceptors (Lipinski definition) is 7. The summed E-state index contributed by atoms with van der Waals surface area (Å²) in [5.41, 5.74) is 0.750. The van der Waals surface area contributed by atoms with E-state index in [1.54, 1.807) is 0 Å². The fourth-order valence-corrected chi connectivity index (χ4v) is 7.91. The summed E-state index contributed by atoms with van der Waals surface area (Å²) in [7, 11) is -3.11. The molecule has 0 radical (unpaired) electrons.